The molecule has 0 radical (unpaired) electrons. The third-order valence-electron chi connectivity index (χ3n) is 5.02. The summed E-state index contributed by atoms with van der Waals surface area (Å²) in [5, 5.41) is 0. The van der Waals surface area contributed by atoms with Gasteiger partial charge in [0.1, 0.15) is 0 Å². The summed E-state index contributed by atoms with van der Waals surface area (Å²) in [6.07, 6.45) is 2.86. The second-order valence-corrected chi connectivity index (χ2v) is 7.93. The average molecular weight is 498 g/mol. The molecule has 1 aliphatic carbocycles. The molecular formula is C17H24I2O. The van der Waals surface area contributed by atoms with Crippen LogP contribution in [0.5, 0.6) is 0 Å². The van der Waals surface area contributed by atoms with Gasteiger partial charge in [-0.05, 0) is 35.7 Å². The molecule has 1 aromatic carbocycles. The summed E-state index contributed by atoms with van der Waals surface area (Å²) in [6, 6.07) is 10.5. The van der Waals surface area contributed by atoms with E-state index in [4.69, 9.17) is 4.74 Å². The van der Waals surface area contributed by atoms with Crippen LogP contribution in [0, 0.1) is 17.3 Å². The van der Waals surface area contributed by atoms with Gasteiger partial charge in [-0.3, -0.25) is 0 Å². The van der Waals surface area contributed by atoms with Crippen LogP contribution in [0.15, 0.2) is 30.3 Å². The molecule has 0 saturated heterocycles. The standard InChI is InChI=1S/C17H24I2O/c1-13-8-16(9-15(10-18)17(13,2)12-19)20-11-14-6-4-3-5-7-14/h3-7,13,15-16H,8-12H2,1-2H3/t13-,15+,16+,17+/m0/s1. The van der Waals surface area contributed by atoms with Crippen molar-refractivity contribution < 1.29 is 4.74 Å². The summed E-state index contributed by atoms with van der Waals surface area (Å²) in [7, 11) is 0. The molecular weight excluding hydrogens is 474 g/mol. The number of rotatable bonds is 5. The summed E-state index contributed by atoms with van der Waals surface area (Å²) in [4.78, 5) is 0. The Hall–Kier alpha value is 0.640. The summed E-state index contributed by atoms with van der Waals surface area (Å²) >= 11 is 5.13. The molecule has 3 heteroatoms. The lowest BCUT2D eigenvalue weighted by Crippen LogP contribution is -2.45. The summed E-state index contributed by atoms with van der Waals surface area (Å²) in [5.41, 5.74) is 1.77. The van der Waals surface area contributed by atoms with Gasteiger partial charge in [0.2, 0.25) is 0 Å². The second kappa shape index (κ2) is 7.77. The Bertz CT molecular complexity index is 409. The molecule has 0 spiro atoms. The van der Waals surface area contributed by atoms with Crippen LogP contribution in [0.25, 0.3) is 0 Å². The third kappa shape index (κ3) is 3.88. The van der Waals surface area contributed by atoms with Gasteiger partial charge in [-0.25, -0.2) is 0 Å². The van der Waals surface area contributed by atoms with Gasteiger partial charge < -0.3 is 4.74 Å². The van der Waals surface area contributed by atoms with E-state index in [9.17, 15) is 0 Å². The fourth-order valence-electron chi connectivity index (χ4n) is 3.15. The number of halogens is 2. The van der Waals surface area contributed by atoms with E-state index in [0.717, 1.165) is 18.4 Å². The molecule has 1 aliphatic rings. The first-order chi connectivity index (χ1) is 9.60. The van der Waals surface area contributed by atoms with E-state index in [2.05, 4.69) is 89.4 Å². The molecule has 1 aromatic rings. The van der Waals surface area contributed by atoms with Crippen LogP contribution in [-0.2, 0) is 11.3 Å². The molecule has 2 rings (SSSR count). The van der Waals surface area contributed by atoms with Crippen LogP contribution in [0.1, 0.15) is 32.3 Å². The predicted octanol–water partition coefficient (Wildman–Crippen LogP) is 5.49. The van der Waals surface area contributed by atoms with Gasteiger partial charge in [-0.1, -0.05) is 89.4 Å². The minimum atomic E-state index is 0.431. The lowest BCUT2D eigenvalue weighted by molar-refractivity contribution is -0.0516. The van der Waals surface area contributed by atoms with Gasteiger partial charge in [0.05, 0.1) is 12.7 Å². The van der Waals surface area contributed by atoms with Crippen molar-refractivity contribution in [1.29, 1.82) is 0 Å². The molecule has 1 nitrogen and oxygen atoms in total. The molecule has 1 saturated carbocycles. The molecule has 112 valence electrons. The number of ether oxygens (including phenoxy) is 1. The van der Waals surface area contributed by atoms with Crippen molar-refractivity contribution in [1.82, 2.24) is 0 Å². The molecule has 0 amide bonds. The molecule has 0 heterocycles. The quantitative estimate of drug-likeness (QED) is 0.386. The van der Waals surface area contributed by atoms with E-state index in [0.29, 0.717) is 11.5 Å². The molecule has 1 fully saturated rings. The van der Waals surface area contributed by atoms with Crippen molar-refractivity contribution in [3.8, 4) is 0 Å². The van der Waals surface area contributed by atoms with E-state index in [-0.39, 0.29) is 0 Å². The SMILES string of the molecule is C[C@H]1C[C@@H](OCc2ccccc2)C[C@H](CI)[C@]1(C)CI. The highest BCUT2D eigenvalue weighted by Gasteiger charge is 2.43. The molecule has 0 aromatic heterocycles. The van der Waals surface area contributed by atoms with Gasteiger partial charge in [0.25, 0.3) is 0 Å². The monoisotopic (exact) mass is 498 g/mol. The Morgan fingerprint density at radius 2 is 1.90 bits per heavy atom. The number of benzene rings is 1. The van der Waals surface area contributed by atoms with Crippen molar-refractivity contribution in [2.45, 2.75) is 39.4 Å². The van der Waals surface area contributed by atoms with E-state index in [1.165, 1.54) is 27.3 Å². The van der Waals surface area contributed by atoms with Crippen LogP contribution in [-0.4, -0.2) is 15.0 Å². The van der Waals surface area contributed by atoms with Crippen molar-refractivity contribution in [2.75, 3.05) is 8.86 Å². The largest absolute Gasteiger partial charge is 0.374 e. The predicted molar refractivity (Wildman–Crippen MR) is 103 cm³/mol. The molecule has 20 heavy (non-hydrogen) atoms. The highest BCUT2D eigenvalue weighted by molar-refractivity contribution is 14.1. The van der Waals surface area contributed by atoms with Crippen molar-refractivity contribution in [3.05, 3.63) is 35.9 Å². The Labute approximate surface area is 150 Å². The van der Waals surface area contributed by atoms with Crippen LogP contribution < -0.4 is 0 Å². The lowest BCUT2D eigenvalue weighted by atomic mass is 9.63. The van der Waals surface area contributed by atoms with Gasteiger partial charge in [-0.2, -0.15) is 0 Å². The van der Waals surface area contributed by atoms with E-state index in [1.807, 2.05) is 0 Å². The third-order valence-corrected chi connectivity index (χ3v) is 7.73. The van der Waals surface area contributed by atoms with Crippen molar-refractivity contribution in [3.63, 3.8) is 0 Å². The van der Waals surface area contributed by atoms with E-state index >= 15 is 0 Å². The van der Waals surface area contributed by atoms with Crippen LogP contribution >= 0.6 is 45.2 Å². The zero-order valence-corrected chi connectivity index (χ0v) is 16.6. The Morgan fingerprint density at radius 3 is 2.50 bits per heavy atom. The molecule has 0 unspecified atom stereocenters. The Kier molecular flexibility index (Phi) is 6.60. The molecule has 0 aliphatic heterocycles. The van der Waals surface area contributed by atoms with Gasteiger partial charge in [0.15, 0.2) is 0 Å². The smallest absolute Gasteiger partial charge is 0.0720 e. The van der Waals surface area contributed by atoms with E-state index in [1.54, 1.807) is 0 Å². The number of hydrogen-bond acceptors (Lipinski definition) is 1. The average Bonchev–Trinajstić information content (AvgIpc) is 2.49. The number of alkyl halides is 2. The van der Waals surface area contributed by atoms with Crippen LogP contribution in [0.4, 0.5) is 0 Å². The molecule has 4 atom stereocenters. The zero-order chi connectivity index (χ0) is 14.6. The first-order valence-electron chi connectivity index (χ1n) is 7.37. The Balaban J connectivity index is 1.95. The molecule has 0 bridgehead atoms. The topological polar surface area (TPSA) is 9.23 Å². The summed E-state index contributed by atoms with van der Waals surface area (Å²) in [5.74, 6) is 1.53. The summed E-state index contributed by atoms with van der Waals surface area (Å²) < 4.78 is 8.70. The van der Waals surface area contributed by atoms with Gasteiger partial charge >= 0.3 is 0 Å². The minimum Gasteiger partial charge on any atom is -0.374 e. The molecule has 0 N–H and O–H groups in total. The van der Waals surface area contributed by atoms with Crippen LogP contribution in [0.2, 0.25) is 0 Å². The normalized spacial score (nSPS) is 34.1. The first kappa shape index (κ1) is 17.0. The van der Waals surface area contributed by atoms with Gasteiger partial charge in [-0.15, -0.1) is 0 Å². The maximum atomic E-state index is 6.20. The van der Waals surface area contributed by atoms with Crippen molar-refractivity contribution in [2.24, 2.45) is 17.3 Å². The first-order valence-corrected chi connectivity index (χ1v) is 10.4. The highest BCUT2D eigenvalue weighted by Crippen LogP contribution is 2.48. The fourth-order valence-corrected chi connectivity index (χ4v) is 5.89. The van der Waals surface area contributed by atoms with E-state index < -0.39 is 0 Å². The maximum Gasteiger partial charge on any atom is 0.0720 e. The maximum absolute atomic E-state index is 6.20. The van der Waals surface area contributed by atoms with Crippen molar-refractivity contribution >= 4 is 45.2 Å². The second-order valence-electron chi connectivity index (χ2n) is 6.28. The Morgan fingerprint density at radius 1 is 1.20 bits per heavy atom. The van der Waals surface area contributed by atoms with Crippen LogP contribution in [0.3, 0.4) is 0 Å². The lowest BCUT2D eigenvalue weighted by Gasteiger charge is -2.47. The highest BCUT2D eigenvalue weighted by atomic mass is 127. The summed E-state index contributed by atoms with van der Waals surface area (Å²) in [6.45, 7) is 5.64. The number of hydrogen-bond donors (Lipinski definition) is 0. The fraction of sp³-hybridized carbons (Fsp3) is 0.647. The van der Waals surface area contributed by atoms with Gasteiger partial charge in [0, 0.05) is 8.86 Å². The minimum absolute atomic E-state index is 0.431. The zero-order valence-electron chi connectivity index (χ0n) is 12.3.